The maximum Gasteiger partial charge on any atom is 0.239 e. The molecular formula is C10H20ClN3O2. The number of likely N-dealkylation sites (N-methyl/N-ethyl adjacent to an activating group) is 1. The molecule has 94 valence electrons. The molecule has 0 aromatic carbocycles. The first kappa shape index (κ1) is 15.2. The minimum absolute atomic E-state index is 0. The third kappa shape index (κ3) is 7.48. The van der Waals surface area contributed by atoms with Crippen molar-refractivity contribution < 1.29 is 9.59 Å². The molecule has 0 spiro atoms. The van der Waals surface area contributed by atoms with E-state index >= 15 is 0 Å². The maximum atomic E-state index is 11.2. The van der Waals surface area contributed by atoms with Crippen molar-refractivity contribution in [2.45, 2.75) is 19.8 Å². The average molecular weight is 250 g/mol. The van der Waals surface area contributed by atoms with Crippen LogP contribution in [-0.4, -0.2) is 38.0 Å². The van der Waals surface area contributed by atoms with E-state index in [1.165, 1.54) is 12.8 Å². The van der Waals surface area contributed by atoms with Crippen LogP contribution in [0.3, 0.4) is 0 Å². The van der Waals surface area contributed by atoms with Gasteiger partial charge in [0.15, 0.2) is 0 Å². The van der Waals surface area contributed by atoms with E-state index in [0.717, 1.165) is 12.5 Å². The van der Waals surface area contributed by atoms with Crippen LogP contribution in [0, 0.1) is 5.92 Å². The predicted molar refractivity (Wildman–Crippen MR) is 64.5 cm³/mol. The number of halogens is 1. The molecule has 0 aromatic rings. The number of carbonyl (C=O) groups excluding carboxylic acids is 2. The summed E-state index contributed by atoms with van der Waals surface area (Å²) >= 11 is 0. The van der Waals surface area contributed by atoms with Gasteiger partial charge in [-0.2, -0.15) is 0 Å². The van der Waals surface area contributed by atoms with Gasteiger partial charge in [0.1, 0.15) is 0 Å². The van der Waals surface area contributed by atoms with Crippen LogP contribution in [0.5, 0.6) is 0 Å². The molecule has 1 aliphatic carbocycles. The Kier molecular flexibility index (Phi) is 7.93. The second-order valence-electron chi connectivity index (χ2n) is 3.80. The molecule has 0 radical (unpaired) electrons. The minimum Gasteiger partial charge on any atom is -0.355 e. The lowest BCUT2D eigenvalue weighted by Gasteiger charge is -2.06. The Labute approximate surface area is 102 Å². The number of hydrogen-bond donors (Lipinski definition) is 3. The van der Waals surface area contributed by atoms with Gasteiger partial charge in [0, 0.05) is 6.54 Å². The van der Waals surface area contributed by atoms with Gasteiger partial charge in [-0.05, 0) is 32.2 Å². The van der Waals surface area contributed by atoms with E-state index < -0.39 is 0 Å². The van der Waals surface area contributed by atoms with Crippen LogP contribution in [-0.2, 0) is 9.59 Å². The van der Waals surface area contributed by atoms with Crippen LogP contribution in [0.1, 0.15) is 19.8 Å². The zero-order valence-electron chi connectivity index (χ0n) is 9.54. The molecule has 1 aliphatic rings. The van der Waals surface area contributed by atoms with Gasteiger partial charge in [0.05, 0.1) is 13.1 Å². The molecule has 0 unspecified atom stereocenters. The number of hydrogen-bond acceptors (Lipinski definition) is 3. The van der Waals surface area contributed by atoms with Crippen molar-refractivity contribution in [1.29, 1.82) is 0 Å². The van der Waals surface area contributed by atoms with Gasteiger partial charge < -0.3 is 16.0 Å². The van der Waals surface area contributed by atoms with Crippen LogP contribution in [0.2, 0.25) is 0 Å². The molecule has 0 aliphatic heterocycles. The fourth-order valence-electron chi connectivity index (χ4n) is 1.21. The van der Waals surface area contributed by atoms with Crippen molar-refractivity contribution in [3.8, 4) is 0 Å². The molecule has 0 aromatic heterocycles. The molecule has 1 saturated carbocycles. The largest absolute Gasteiger partial charge is 0.355 e. The van der Waals surface area contributed by atoms with E-state index in [9.17, 15) is 9.59 Å². The van der Waals surface area contributed by atoms with E-state index in [1.54, 1.807) is 0 Å². The molecule has 0 atom stereocenters. The fourth-order valence-corrected chi connectivity index (χ4v) is 1.21. The number of nitrogens with one attached hydrogen (secondary N) is 3. The third-order valence-corrected chi connectivity index (χ3v) is 2.24. The molecule has 5 nitrogen and oxygen atoms in total. The zero-order valence-corrected chi connectivity index (χ0v) is 10.4. The average Bonchev–Trinajstić information content (AvgIpc) is 2.99. The van der Waals surface area contributed by atoms with Gasteiger partial charge in [-0.25, -0.2) is 0 Å². The summed E-state index contributed by atoms with van der Waals surface area (Å²) in [6, 6.07) is 0. The summed E-state index contributed by atoms with van der Waals surface area (Å²) in [6.07, 6.45) is 2.54. The van der Waals surface area contributed by atoms with Gasteiger partial charge in [-0.1, -0.05) is 0 Å². The molecule has 16 heavy (non-hydrogen) atoms. The molecule has 1 rings (SSSR count). The van der Waals surface area contributed by atoms with Gasteiger partial charge in [-0.15, -0.1) is 12.4 Å². The number of rotatable bonds is 7. The highest BCUT2D eigenvalue weighted by molar-refractivity contribution is 5.85. The molecule has 2 amide bonds. The number of carbonyl (C=O) groups is 2. The number of amides is 2. The van der Waals surface area contributed by atoms with Gasteiger partial charge in [0.2, 0.25) is 11.8 Å². The Morgan fingerprint density at radius 2 is 1.75 bits per heavy atom. The standard InChI is InChI=1S/C10H19N3O2.ClH/c1-2-12-10(15)7-13-9(14)6-11-5-8-3-4-8;/h8,11H,2-7H2,1H3,(H,12,15)(H,13,14);1H. The fraction of sp³-hybridized carbons (Fsp3) is 0.800. The predicted octanol–water partition coefficient (Wildman–Crippen LogP) is -0.340. The second kappa shape index (κ2) is 8.35. The first-order valence-electron chi connectivity index (χ1n) is 5.46. The SMILES string of the molecule is CCNC(=O)CNC(=O)CNCC1CC1.Cl. The van der Waals surface area contributed by atoms with Crippen LogP contribution < -0.4 is 16.0 Å². The van der Waals surface area contributed by atoms with E-state index in [-0.39, 0.29) is 30.8 Å². The Hall–Kier alpha value is -0.810. The molecule has 0 saturated heterocycles. The lowest BCUT2D eigenvalue weighted by atomic mass is 10.4. The topological polar surface area (TPSA) is 70.2 Å². The van der Waals surface area contributed by atoms with E-state index in [2.05, 4.69) is 16.0 Å². The molecule has 0 heterocycles. The van der Waals surface area contributed by atoms with Gasteiger partial charge >= 0.3 is 0 Å². The normalized spacial score (nSPS) is 13.8. The maximum absolute atomic E-state index is 11.2. The van der Waals surface area contributed by atoms with Crippen molar-refractivity contribution in [3.05, 3.63) is 0 Å². The molecule has 0 bridgehead atoms. The molecule has 3 N–H and O–H groups in total. The van der Waals surface area contributed by atoms with E-state index in [4.69, 9.17) is 0 Å². The Morgan fingerprint density at radius 3 is 2.31 bits per heavy atom. The Morgan fingerprint density at radius 1 is 1.12 bits per heavy atom. The van der Waals surface area contributed by atoms with Crippen molar-refractivity contribution >= 4 is 24.2 Å². The third-order valence-electron chi connectivity index (χ3n) is 2.24. The summed E-state index contributed by atoms with van der Waals surface area (Å²) in [6.45, 7) is 3.72. The van der Waals surface area contributed by atoms with Gasteiger partial charge in [0.25, 0.3) is 0 Å². The van der Waals surface area contributed by atoms with E-state index in [1.807, 2.05) is 6.92 Å². The van der Waals surface area contributed by atoms with E-state index in [0.29, 0.717) is 13.1 Å². The van der Waals surface area contributed by atoms with Crippen molar-refractivity contribution in [2.24, 2.45) is 5.92 Å². The van der Waals surface area contributed by atoms with Crippen molar-refractivity contribution in [3.63, 3.8) is 0 Å². The second-order valence-corrected chi connectivity index (χ2v) is 3.80. The lowest BCUT2D eigenvalue weighted by molar-refractivity contribution is -0.125. The van der Waals surface area contributed by atoms with Crippen molar-refractivity contribution in [2.75, 3.05) is 26.2 Å². The molecular weight excluding hydrogens is 230 g/mol. The smallest absolute Gasteiger partial charge is 0.239 e. The highest BCUT2D eigenvalue weighted by Crippen LogP contribution is 2.27. The highest BCUT2D eigenvalue weighted by atomic mass is 35.5. The molecule has 1 fully saturated rings. The van der Waals surface area contributed by atoms with Crippen molar-refractivity contribution in [1.82, 2.24) is 16.0 Å². The first-order chi connectivity index (χ1) is 7.22. The summed E-state index contributed by atoms with van der Waals surface area (Å²) in [5, 5.41) is 8.22. The summed E-state index contributed by atoms with van der Waals surface area (Å²) in [4.78, 5) is 22.2. The van der Waals surface area contributed by atoms with Crippen LogP contribution in [0.15, 0.2) is 0 Å². The van der Waals surface area contributed by atoms with Gasteiger partial charge in [-0.3, -0.25) is 9.59 Å². The van der Waals surface area contributed by atoms with Crippen LogP contribution >= 0.6 is 12.4 Å². The monoisotopic (exact) mass is 249 g/mol. The Balaban J connectivity index is 0.00000225. The first-order valence-corrected chi connectivity index (χ1v) is 5.46. The van der Waals surface area contributed by atoms with Crippen LogP contribution in [0.25, 0.3) is 0 Å². The lowest BCUT2D eigenvalue weighted by Crippen LogP contribution is -2.40. The Bertz CT molecular complexity index is 232. The summed E-state index contributed by atoms with van der Waals surface area (Å²) in [5.41, 5.74) is 0. The molecule has 6 heteroatoms. The summed E-state index contributed by atoms with van der Waals surface area (Å²) < 4.78 is 0. The highest BCUT2D eigenvalue weighted by Gasteiger charge is 2.20. The zero-order chi connectivity index (χ0) is 11.1. The minimum atomic E-state index is -0.145. The quantitative estimate of drug-likeness (QED) is 0.578. The summed E-state index contributed by atoms with van der Waals surface area (Å²) in [5.74, 6) is 0.496. The van der Waals surface area contributed by atoms with Crippen LogP contribution in [0.4, 0.5) is 0 Å². The summed E-state index contributed by atoms with van der Waals surface area (Å²) in [7, 11) is 0.